The van der Waals surface area contributed by atoms with Gasteiger partial charge in [-0.05, 0) is 12.8 Å². The SMILES string of the molecule is Cl.O=C(C[C@H]1CCC[C@H](CC(=O)c2ccccc2)N1)c1ccccc1. The molecule has 25 heavy (non-hydrogen) atoms. The molecule has 0 saturated carbocycles. The quantitative estimate of drug-likeness (QED) is 0.776. The van der Waals surface area contributed by atoms with Crippen LogP contribution in [0.1, 0.15) is 52.8 Å². The number of halogens is 1. The third-order valence-electron chi connectivity index (χ3n) is 4.63. The highest BCUT2D eigenvalue weighted by molar-refractivity contribution is 5.97. The Labute approximate surface area is 155 Å². The van der Waals surface area contributed by atoms with Gasteiger partial charge in [0.2, 0.25) is 0 Å². The van der Waals surface area contributed by atoms with Crippen LogP contribution in [0.5, 0.6) is 0 Å². The number of benzene rings is 2. The van der Waals surface area contributed by atoms with Gasteiger partial charge in [-0.2, -0.15) is 0 Å². The van der Waals surface area contributed by atoms with Gasteiger partial charge in [-0.25, -0.2) is 0 Å². The van der Waals surface area contributed by atoms with E-state index in [1.807, 2.05) is 60.7 Å². The zero-order valence-electron chi connectivity index (χ0n) is 14.2. The van der Waals surface area contributed by atoms with Gasteiger partial charge in [0.15, 0.2) is 11.6 Å². The number of hydrogen-bond acceptors (Lipinski definition) is 3. The molecule has 0 unspecified atom stereocenters. The summed E-state index contributed by atoms with van der Waals surface area (Å²) in [4.78, 5) is 24.7. The van der Waals surface area contributed by atoms with Gasteiger partial charge < -0.3 is 5.32 Å². The fourth-order valence-electron chi connectivity index (χ4n) is 3.36. The average Bonchev–Trinajstić information content (AvgIpc) is 2.63. The van der Waals surface area contributed by atoms with Crippen LogP contribution in [0, 0.1) is 0 Å². The standard InChI is InChI=1S/C21H23NO2.ClH/c23-20(16-8-3-1-4-9-16)14-18-12-7-13-19(22-18)15-21(24)17-10-5-2-6-11-17;/h1-6,8-11,18-19,22H,7,12-15H2;1H/t18-,19-;/m1./s1. The van der Waals surface area contributed by atoms with Crippen LogP contribution < -0.4 is 5.32 Å². The highest BCUT2D eigenvalue weighted by atomic mass is 35.5. The van der Waals surface area contributed by atoms with Crippen molar-refractivity contribution in [3.63, 3.8) is 0 Å². The molecule has 3 nitrogen and oxygen atoms in total. The summed E-state index contributed by atoms with van der Waals surface area (Å²) >= 11 is 0. The van der Waals surface area contributed by atoms with E-state index in [0.29, 0.717) is 12.8 Å². The maximum atomic E-state index is 12.4. The van der Waals surface area contributed by atoms with Crippen molar-refractivity contribution >= 4 is 24.0 Å². The van der Waals surface area contributed by atoms with Gasteiger partial charge in [-0.3, -0.25) is 9.59 Å². The lowest BCUT2D eigenvalue weighted by Crippen LogP contribution is -2.44. The molecule has 4 heteroatoms. The topological polar surface area (TPSA) is 46.2 Å². The first kappa shape index (κ1) is 19.4. The van der Waals surface area contributed by atoms with E-state index in [2.05, 4.69) is 5.32 Å². The zero-order chi connectivity index (χ0) is 16.8. The molecule has 1 fully saturated rings. The normalized spacial score (nSPS) is 19.7. The summed E-state index contributed by atoms with van der Waals surface area (Å²) in [5.74, 6) is 0.339. The molecule has 2 aromatic rings. The van der Waals surface area contributed by atoms with Crippen molar-refractivity contribution in [3.05, 3.63) is 71.8 Å². The molecule has 0 spiro atoms. The van der Waals surface area contributed by atoms with Crippen molar-refractivity contribution in [2.45, 2.75) is 44.2 Å². The first-order chi connectivity index (χ1) is 11.7. The summed E-state index contributed by atoms with van der Waals surface area (Å²) in [7, 11) is 0. The van der Waals surface area contributed by atoms with Gasteiger partial charge in [0.1, 0.15) is 0 Å². The summed E-state index contributed by atoms with van der Waals surface area (Å²) in [6.07, 6.45) is 4.05. The Morgan fingerprint density at radius 2 is 1.16 bits per heavy atom. The molecular formula is C21H24ClNO2. The fourth-order valence-corrected chi connectivity index (χ4v) is 3.36. The van der Waals surface area contributed by atoms with Gasteiger partial charge in [0.25, 0.3) is 0 Å². The molecule has 132 valence electrons. The number of rotatable bonds is 6. The monoisotopic (exact) mass is 357 g/mol. The lowest BCUT2D eigenvalue weighted by molar-refractivity contribution is 0.0941. The summed E-state index contributed by atoms with van der Waals surface area (Å²) in [6, 6.07) is 19.2. The predicted octanol–water partition coefficient (Wildman–Crippen LogP) is 4.46. The lowest BCUT2D eigenvalue weighted by Gasteiger charge is -2.30. The van der Waals surface area contributed by atoms with E-state index in [1.54, 1.807) is 0 Å². The summed E-state index contributed by atoms with van der Waals surface area (Å²) in [5, 5.41) is 3.51. The highest BCUT2D eigenvalue weighted by Crippen LogP contribution is 2.20. The fraction of sp³-hybridized carbons (Fsp3) is 0.333. The Kier molecular flexibility index (Phi) is 7.35. The Balaban J connectivity index is 0.00000225. The van der Waals surface area contributed by atoms with Crippen LogP contribution in [0.25, 0.3) is 0 Å². The van der Waals surface area contributed by atoms with Crippen molar-refractivity contribution in [3.8, 4) is 0 Å². The van der Waals surface area contributed by atoms with Crippen molar-refractivity contribution in [2.24, 2.45) is 0 Å². The Hall–Kier alpha value is -1.97. The molecule has 1 N–H and O–H groups in total. The number of piperidine rings is 1. The number of carbonyl (C=O) groups is 2. The van der Waals surface area contributed by atoms with Crippen LogP contribution in [0.4, 0.5) is 0 Å². The maximum Gasteiger partial charge on any atom is 0.164 e. The second-order valence-electron chi connectivity index (χ2n) is 6.48. The second kappa shape index (κ2) is 9.50. The van der Waals surface area contributed by atoms with Crippen molar-refractivity contribution in [2.75, 3.05) is 0 Å². The van der Waals surface area contributed by atoms with E-state index in [4.69, 9.17) is 0 Å². The Morgan fingerprint density at radius 3 is 1.56 bits per heavy atom. The second-order valence-corrected chi connectivity index (χ2v) is 6.48. The predicted molar refractivity (Wildman–Crippen MR) is 103 cm³/mol. The van der Waals surface area contributed by atoms with E-state index in [1.165, 1.54) is 0 Å². The summed E-state index contributed by atoms with van der Waals surface area (Å²) in [5.41, 5.74) is 1.53. The largest absolute Gasteiger partial charge is 0.310 e. The number of ketones is 2. The van der Waals surface area contributed by atoms with Crippen LogP contribution in [-0.2, 0) is 0 Å². The lowest BCUT2D eigenvalue weighted by atomic mass is 9.90. The minimum Gasteiger partial charge on any atom is -0.310 e. The van der Waals surface area contributed by atoms with Gasteiger partial charge in [-0.15, -0.1) is 12.4 Å². The zero-order valence-corrected chi connectivity index (χ0v) is 15.0. The van der Waals surface area contributed by atoms with E-state index in [0.717, 1.165) is 30.4 Å². The van der Waals surface area contributed by atoms with Crippen LogP contribution in [-0.4, -0.2) is 23.7 Å². The molecule has 1 aliphatic rings. The minimum absolute atomic E-state index is 0. The molecule has 1 heterocycles. The van der Waals surface area contributed by atoms with Crippen LogP contribution in [0.2, 0.25) is 0 Å². The molecule has 2 atom stereocenters. The molecule has 0 amide bonds. The van der Waals surface area contributed by atoms with Crippen LogP contribution in [0.3, 0.4) is 0 Å². The third-order valence-corrected chi connectivity index (χ3v) is 4.63. The smallest absolute Gasteiger partial charge is 0.164 e. The molecule has 0 aliphatic carbocycles. The summed E-state index contributed by atoms with van der Waals surface area (Å²) < 4.78 is 0. The average molecular weight is 358 g/mol. The Morgan fingerprint density at radius 1 is 0.760 bits per heavy atom. The maximum absolute atomic E-state index is 12.4. The molecule has 0 radical (unpaired) electrons. The molecule has 3 rings (SSSR count). The molecule has 1 aliphatic heterocycles. The first-order valence-corrected chi connectivity index (χ1v) is 8.65. The molecule has 2 aromatic carbocycles. The van der Waals surface area contributed by atoms with E-state index < -0.39 is 0 Å². The van der Waals surface area contributed by atoms with Gasteiger partial charge >= 0.3 is 0 Å². The van der Waals surface area contributed by atoms with Crippen molar-refractivity contribution in [1.29, 1.82) is 0 Å². The Bertz CT molecular complexity index is 628. The molecule has 1 saturated heterocycles. The third kappa shape index (κ3) is 5.52. The number of Topliss-reactive ketones (excluding diaryl/α,β-unsaturated/α-hetero) is 2. The van der Waals surface area contributed by atoms with E-state index in [9.17, 15) is 9.59 Å². The number of carbonyl (C=O) groups excluding carboxylic acids is 2. The number of hydrogen-bond donors (Lipinski definition) is 1. The molecule has 0 aromatic heterocycles. The summed E-state index contributed by atoms with van der Waals surface area (Å²) in [6.45, 7) is 0. The highest BCUT2D eigenvalue weighted by Gasteiger charge is 2.25. The van der Waals surface area contributed by atoms with Crippen molar-refractivity contribution in [1.82, 2.24) is 5.32 Å². The molecular weight excluding hydrogens is 334 g/mol. The van der Waals surface area contributed by atoms with Crippen molar-refractivity contribution < 1.29 is 9.59 Å². The first-order valence-electron chi connectivity index (χ1n) is 8.65. The van der Waals surface area contributed by atoms with Crippen LogP contribution in [0.15, 0.2) is 60.7 Å². The number of nitrogens with one attached hydrogen (secondary N) is 1. The van der Waals surface area contributed by atoms with E-state index >= 15 is 0 Å². The van der Waals surface area contributed by atoms with Gasteiger partial charge in [0, 0.05) is 36.1 Å². The van der Waals surface area contributed by atoms with Crippen LogP contribution >= 0.6 is 12.4 Å². The van der Waals surface area contributed by atoms with Gasteiger partial charge in [0.05, 0.1) is 0 Å². The molecule has 0 bridgehead atoms. The van der Waals surface area contributed by atoms with E-state index in [-0.39, 0.29) is 36.1 Å². The minimum atomic E-state index is 0. The van der Waals surface area contributed by atoms with Gasteiger partial charge in [-0.1, -0.05) is 67.1 Å².